The average Bonchev–Trinajstić information content (AvgIpc) is 2.80. The molecule has 1 atom stereocenters. The summed E-state index contributed by atoms with van der Waals surface area (Å²) < 4.78 is 10.9. The Morgan fingerprint density at radius 1 is 1.16 bits per heavy atom. The van der Waals surface area contributed by atoms with Crippen molar-refractivity contribution in [3.8, 4) is 17.6 Å². The first-order valence-electron chi connectivity index (χ1n) is 9.90. The monoisotopic (exact) mass is 422 g/mol. The van der Waals surface area contributed by atoms with Crippen LogP contribution in [-0.2, 0) is 9.59 Å². The molecule has 162 valence electrons. The normalized spacial score (nSPS) is 11.4. The summed E-state index contributed by atoms with van der Waals surface area (Å²) in [6.07, 6.45) is 1.44. The highest BCUT2D eigenvalue weighted by molar-refractivity contribution is 5.88. The zero-order valence-corrected chi connectivity index (χ0v) is 17.9. The number of benzene rings is 2. The van der Waals surface area contributed by atoms with E-state index in [9.17, 15) is 14.9 Å². The average molecular weight is 422 g/mol. The summed E-state index contributed by atoms with van der Waals surface area (Å²) in [5, 5.41) is 13.2. The predicted molar refractivity (Wildman–Crippen MR) is 117 cm³/mol. The number of amides is 2. The molecule has 0 heterocycles. The lowest BCUT2D eigenvalue weighted by atomic mass is 10.0. The van der Waals surface area contributed by atoms with E-state index in [2.05, 4.69) is 10.5 Å². The maximum Gasteiger partial charge on any atom is 0.261 e. The van der Waals surface area contributed by atoms with Crippen molar-refractivity contribution in [2.45, 2.75) is 19.8 Å². The van der Waals surface area contributed by atoms with Crippen molar-refractivity contribution in [3.63, 3.8) is 0 Å². The van der Waals surface area contributed by atoms with Gasteiger partial charge in [0, 0.05) is 13.1 Å². The molecule has 0 spiro atoms. The third-order valence-corrected chi connectivity index (χ3v) is 4.57. The van der Waals surface area contributed by atoms with Crippen molar-refractivity contribution in [2.24, 2.45) is 5.10 Å². The van der Waals surface area contributed by atoms with Gasteiger partial charge in [-0.15, -0.1) is 0 Å². The Balaban J connectivity index is 2.01. The third kappa shape index (κ3) is 6.57. The summed E-state index contributed by atoms with van der Waals surface area (Å²) in [4.78, 5) is 26.1. The zero-order chi connectivity index (χ0) is 22.6. The van der Waals surface area contributed by atoms with E-state index < -0.39 is 11.8 Å². The van der Waals surface area contributed by atoms with Gasteiger partial charge in [0.1, 0.15) is 0 Å². The summed E-state index contributed by atoms with van der Waals surface area (Å²) in [5.74, 6) is -0.718. The van der Waals surface area contributed by atoms with Gasteiger partial charge in [-0.3, -0.25) is 9.59 Å². The maximum absolute atomic E-state index is 12.3. The summed E-state index contributed by atoms with van der Waals surface area (Å²) in [6.45, 7) is 4.97. The fraction of sp³-hybridized carbons (Fsp3) is 0.304. The topological polar surface area (TPSA) is 104 Å². The zero-order valence-electron chi connectivity index (χ0n) is 17.9. The van der Waals surface area contributed by atoms with Gasteiger partial charge in [0.25, 0.3) is 11.8 Å². The van der Waals surface area contributed by atoms with Gasteiger partial charge in [-0.1, -0.05) is 30.3 Å². The molecule has 2 rings (SSSR count). The molecule has 0 saturated carbocycles. The SMILES string of the molecule is CCN(CC)C(=O)COc1ccc(/C=N\NC(=O)[C@@H](C#N)c2ccccc2)cc1OC. The standard InChI is InChI=1S/C23H26N4O4/c1-4-27(5-2)22(28)16-31-20-12-11-17(13-21(20)30-3)15-25-26-23(29)19(14-24)18-9-7-6-8-10-18/h6-13,15,19H,4-5,16H2,1-3H3,(H,26,29)/b25-15-/t19-/m0/s1. The number of carbonyl (C=O) groups excluding carboxylic acids is 2. The molecular weight excluding hydrogens is 396 g/mol. The van der Waals surface area contributed by atoms with Crippen LogP contribution in [0.1, 0.15) is 30.9 Å². The van der Waals surface area contributed by atoms with Crippen molar-refractivity contribution in [1.82, 2.24) is 10.3 Å². The summed E-state index contributed by atoms with van der Waals surface area (Å²) in [5.41, 5.74) is 3.63. The second kappa shape index (κ2) is 12.0. The lowest BCUT2D eigenvalue weighted by Crippen LogP contribution is -2.34. The van der Waals surface area contributed by atoms with Gasteiger partial charge in [0.15, 0.2) is 24.0 Å². The van der Waals surface area contributed by atoms with Gasteiger partial charge in [-0.25, -0.2) is 5.43 Å². The van der Waals surface area contributed by atoms with E-state index in [0.717, 1.165) is 0 Å². The van der Waals surface area contributed by atoms with E-state index in [-0.39, 0.29) is 12.5 Å². The van der Waals surface area contributed by atoms with E-state index in [4.69, 9.17) is 9.47 Å². The molecule has 2 aromatic rings. The fourth-order valence-electron chi connectivity index (χ4n) is 2.86. The van der Waals surface area contributed by atoms with Gasteiger partial charge < -0.3 is 14.4 Å². The largest absolute Gasteiger partial charge is 0.493 e. The maximum atomic E-state index is 12.3. The molecule has 0 aliphatic carbocycles. The van der Waals surface area contributed by atoms with Crippen LogP contribution in [0.3, 0.4) is 0 Å². The Morgan fingerprint density at radius 3 is 2.48 bits per heavy atom. The Bertz CT molecular complexity index is 950. The van der Waals surface area contributed by atoms with Gasteiger partial charge in [-0.05, 0) is 43.2 Å². The van der Waals surface area contributed by atoms with Crippen molar-refractivity contribution in [3.05, 3.63) is 59.7 Å². The van der Waals surface area contributed by atoms with E-state index in [0.29, 0.717) is 35.7 Å². The van der Waals surface area contributed by atoms with Crippen molar-refractivity contribution < 1.29 is 19.1 Å². The number of rotatable bonds is 10. The molecule has 0 aliphatic rings. The summed E-state index contributed by atoms with van der Waals surface area (Å²) in [6, 6.07) is 15.8. The van der Waals surface area contributed by atoms with Crippen molar-refractivity contribution >= 4 is 18.0 Å². The van der Waals surface area contributed by atoms with Crippen LogP contribution in [0.25, 0.3) is 0 Å². The van der Waals surface area contributed by atoms with Crippen molar-refractivity contribution in [1.29, 1.82) is 5.26 Å². The third-order valence-electron chi connectivity index (χ3n) is 4.57. The molecular formula is C23H26N4O4. The van der Waals surface area contributed by atoms with Gasteiger partial charge >= 0.3 is 0 Å². The highest BCUT2D eigenvalue weighted by Crippen LogP contribution is 2.27. The number of methoxy groups -OCH3 is 1. The molecule has 0 radical (unpaired) electrons. The Kier molecular flexibility index (Phi) is 9.05. The number of nitrogens with zero attached hydrogens (tertiary/aromatic N) is 3. The van der Waals surface area contributed by atoms with Gasteiger partial charge in [0.2, 0.25) is 0 Å². The molecule has 0 fully saturated rings. The molecule has 1 N–H and O–H groups in total. The number of carbonyl (C=O) groups is 2. The number of hydrazone groups is 1. The Labute approximate surface area is 182 Å². The summed E-state index contributed by atoms with van der Waals surface area (Å²) in [7, 11) is 1.49. The molecule has 8 nitrogen and oxygen atoms in total. The number of hydrogen-bond acceptors (Lipinski definition) is 6. The van der Waals surface area contributed by atoms with Crippen LogP contribution >= 0.6 is 0 Å². The number of likely N-dealkylation sites (N-methyl/N-ethyl adjacent to an activating group) is 1. The van der Waals surface area contributed by atoms with Crippen LogP contribution < -0.4 is 14.9 Å². The van der Waals surface area contributed by atoms with Crippen LogP contribution in [-0.4, -0.2) is 49.7 Å². The van der Waals surface area contributed by atoms with Gasteiger partial charge in [-0.2, -0.15) is 10.4 Å². The molecule has 0 aromatic heterocycles. The van der Waals surface area contributed by atoms with Crippen LogP contribution in [0.2, 0.25) is 0 Å². The molecule has 31 heavy (non-hydrogen) atoms. The highest BCUT2D eigenvalue weighted by Gasteiger charge is 2.19. The molecule has 0 unspecified atom stereocenters. The van der Waals surface area contributed by atoms with Crippen LogP contribution in [0, 0.1) is 11.3 Å². The van der Waals surface area contributed by atoms with E-state index in [1.54, 1.807) is 47.4 Å². The number of hydrogen-bond donors (Lipinski definition) is 1. The second-order valence-electron chi connectivity index (χ2n) is 6.47. The first kappa shape index (κ1) is 23.4. The van der Waals surface area contributed by atoms with Crippen LogP contribution in [0.4, 0.5) is 0 Å². The first-order chi connectivity index (χ1) is 15.0. The van der Waals surface area contributed by atoms with Crippen LogP contribution in [0.5, 0.6) is 11.5 Å². The minimum Gasteiger partial charge on any atom is -0.493 e. The minimum absolute atomic E-state index is 0.0867. The quantitative estimate of drug-likeness (QED) is 0.468. The van der Waals surface area contributed by atoms with E-state index in [1.165, 1.54) is 13.3 Å². The molecule has 2 amide bonds. The minimum atomic E-state index is -0.952. The molecule has 0 bridgehead atoms. The Hall–Kier alpha value is -3.86. The smallest absolute Gasteiger partial charge is 0.261 e. The van der Waals surface area contributed by atoms with Crippen LogP contribution in [0.15, 0.2) is 53.6 Å². The second-order valence-corrected chi connectivity index (χ2v) is 6.47. The molecule has 0 saturated heterocycles. The van der Waals surface area contributed by atoms with E-state index in [1.807, 2.05) is 26.0 Å². The van der Waals surface area contributed by atoms with E-state index >= 15 is 0 Å². The number of nitrogens with one attached hydrogen (secondary N) is 1. The predicted octanol–water partition coefficient (Wildman–Crippen LogP) is 2.70. The lowest BCUT2D eigenvalue weighted by Gasteiger charge is -2.19. The number of nitriles is 1. The highest BCUT2D eigenvalue weighted by atomic mass is 16.5. The van der Waals surface area contributed by atoms with Gasteiger partial charge in [0.05, 0.1) is 19.4 Å². The first-order valence-corrected chi connectivity index (χ1v) is 9.90. The molecule has 2 aromatic carbocycles. The van der Waals surface area contributed by atoms with Crippen molar-refractivity contribution in [2.75, 3.05) is 26.8 Å². The molecule has 0 aliphatic heterocycles. The fourth-order valence-corrected chi connectivity index (χ4v) is 2.86. The molecule has 8 heteroatoms. The summed E-state index contributed by atoms with van der Waals surface area (Å²) >= 11 is 0. The number of ether oxygens (including phenoxy) is 2. The Morgan fingerprint density at radius 2 is 1.87 bits per heavy atom. The lowest BCUT2D eigenvalue weighted by molar-refractivity contribution is -0.133.